The van der Waals surface area contributed by atoms with Crippen molar-refractivity contribution in [1.82, 2.24) is 0 Å². The summed E-state index contributed by atoms with van der Waals surface area (Å²) >= 11 is 13.3. The van der Waals surface area contributed by atoms with Gasteiger partial charge in [0.1, 0.15) is 0 Å². The van der Waals surface area contributed by atoms with Gasteiger partial charge in [0.2, 0.25) is 0 Å². The van der Waals surface area contributed by atoms with Crippen LogP contribution in [-0.4, -0.2) is 28.7 Å². The number of hydrogen-bond donors (Lipinski definition) is 2. The summed E-state index contributed by atoms with van der Waals surface area (Å²) in [5.74, 6) is 1.20. The largest absolute Gasteiger partial charge is 0.394 e. The van der Waals surface area contributed by atoms with E-state index in [0.717, 1.165) is 5.56 Å². The molecule has 0 aliphatic carbocycles. The van der Waals surface area contributed by atoms with Crippen molar-refractivity contribution >= 4 is 35.0 Å². The summed E-state index contributed by atoms with van der Waals surface area (Å²) in [6, 6.07) is 5.34. The third kappa shape index (κ3) is 4.62. The normalized spacial score (nSPS) is 12.8. The van der Waals surface area contributed by atoms with Crippen molar-refractivity contribution in [2.45, 2.75) is 11.9 Å². The molecule has 2 nitrogen and oxygen atoms in total. The summed E-state index contributed by atoms with van der Waals surface area (Å²) < 4.78 is 0. The van der Waals surface area contributed by atoms with Crippen LogP contribution in [0.15, 0.2) is 18.2 Å². The number of hydrogen-bond acceptors (Lipinski definition) is 3. The summed E-state index contributed by atoms with van der Waals surface area (Å²) in [7, 11) is 0. The Bertz CT molecular complexity index is 320. The van der Waals surface area contributed by atoms with Gasteiger partial charge in [0, 0.05) is 21.6 Å². The van der Waals surface area contributed by atoms with Gasteiger partial charge in [-0.2, -0.15) is 11.8 Å². The summed E-state index contributed by atoms with van der Waals surface area (Å²) in [5.41, 5.74) is 0.983. The molecule has 0 heterocycles. The van der Waals surface area contributed by atoms with Crippen LogP contribution in [0.1, 0.15) is 5.56 Å². The third-order valence-corrected chi connectivity index (χ3v) is 3.52. The Morgan fingerprint density at radius 3 is 2.67 bits per heavy atom. The molecule has 1 aromatic rings. The van der Waals surface area contributed by atoms with Crippen LogP contribution in [0.3, 0.4) is 0 Å². The van der Waals surface area contributed by atoms with Gasteiger partial charge >= 0.3 is 0 Å². The van der Waals surface area contributed by atoms with Gasteiger partial charge in [-0.25, -0.2) is 0 Å². The fourth-order valence-corrected chi connectivity index (χ4v) is 2.52. The Morgan fingerprint density at radius 2 is 2.07 bits per heavy atom. The average molecular weight is 267 g/mol. The standard InChI is InChI=1S/C10H12Cl2O2S/c11-8-2-1-7(10(12)3-8)5-15-6-9(14)4-13/h1-3,9,13-14H,4-6H2/t9-/m0/s1. The van der Waals surface area contributed by atoms with Gasteiger partial charge in [-0.15, -0.1) is 0 Å². The molecule has 1 aromatic carbocycles. The molecule has 0 saturated carbocycles. The van der Waals surface area contributed by atoms with Gasteiger partial charge in [0.25, 0.3) is 0 Å². The molecule has 0 bridgehead atoms. The van der Waals surface area contributed by atoms with Crippen LogP contribution >= 0.6 is 35.0 Å². The topological polar surface area (TPSA) is 40.5 Å². The van der Waals surface area contributed by atoms with Crippen LogP contribution in [0.4, 0.5) is 0 Å². The second-order valence-corrected chi connectivity index (χ2v) is 4.96. The van der Waals surface area contributed by atoms with E-state index < -0.39 is 6.10 Å². The maximum absolute atomic E-state index is 9.12. The van der Waals surface area contributed by atoms with Crippen molar-refractivity contribution in [2.75, 3.05) is 12.4 Å². The molecule has 0 aliphatic heterocycles. The minimum atomic E-state index is -0.666. The Morgan fingerprint density at radius 1 is 1.33 bits per heavy atom. The van der Waals surface area contributed by atoms with Crippen LogP contribution in [-0.2, 0) is 5.75 Å². The van der Waals surface area contributed by atoms with Crippen LogP contribution in [0.2, 0.25) is 10.0 Å². The van der Waals surface area contributed by atoms with Crippen LogP contribution in [0, 0.1) is 0 Å². The zero-order valence-corrected chi connectivity index (χ0v) is 10.3. The highest BCUT2D eigenvalue weighted by atomic mass is 35.5. The van der Waals surface area contributed by atoms with Gasteiger partial charge in [-0.3, -0.25) is 0 Å². The van der Waals surface area contributed by atoms with Gasteiger partial charge in [-0.05, 0) is 17.7 Å². The molecule has 15 heavy (non-hydrogen) atoms. The minimum absolute atomic E-state index is 0.207. The molecule has 0 fully saturated rings. The molecule has 0 saturated heterocycles. The lowest BCUT2D eigenvalue weighted by Crippen LogP contribution is -2.14. The van der Waals surface area contributed by atoms with Gasteiger partial charge < -0.3 is 10.2 Å². The third-order valence-electron chi connectivity index (χ3n) is 1.79. The Labute approximate surface area is 103 Å². The molecule has 2 N–H and O–H groups in total. The van der Waals surface area contributed by atoms with Crippen molar-refractivity contribution < 1.29 is 10.2 Å². The Hall–Kier alpha value is 0.0700. The molecule has 0 aliphatic rings. The minimum Gasteiger partial charge on any atom is -0.394 e. The first kappa shape index (κ1) is 13.1. The highest BCUT2D eigenvalue weighted by Crippen LogP contribution is 2.24. The maximum Gasteiger partial charge on any atom is 0.0861 e. The number of rotatable bonds is 5. The van der Waals surface area contributed by atoms with Crippen molar-refractivity contribution in [3.05, 3.63) is 33.8 Å². The summed E-state index contributed by atoms with van der Waals surface area (Å²) in [6.45, 7) is -0.207. The van der Waals surface area contributed by atoms with E-state index in [1.807, 2.05) is 6.07 Å². The Balaban J connectivity index is 2.44. The first-order chi connectivity index (χ1) is 7.13. The molecule has 84 valence electrons. The van der Waals surface area contributed by atoms with E-state index in [1.54, 1.807) is 12.1 Å². The van der Waals surface area contributed by atoms with Crippen LogP contribution in [0.5, 0.6) is 0 Å². The lowest BCUT2D eigenvalue weighted by Gasteiger charge is -2.07. The summed E-state index contributed by atoms with van der Waals surface area (Å²) in [6.07, 6.45) is -0.666. The van der Waals surface area contributed by atoms with E-state index in [2.05, 4.69) is 0 Å². The predicted octanol–water partition coefficient (Wildman–Crippen LogP) is 2.58. The molecule has 5 heteroatoms. The average Bonchev–Trinajstić information content (AvgIpc) is 2.21. The van der Waals surface area contributed by atoms with Gasteiger partial charge in [-0.1, -0.05) is 29.3 Å². The van der Waals surface area contributed by atoms with E-state index in [0.29, 0.717) is 21.6 Å². The second kappa shape index (κ2) is 6.61. The monoisotopic (exact) mass is 266 g/mol. The fraction of sp³-hybridized carbons (Fsp3) is 0.400. The molecular formula is C10H12Cl2O2S. The first-order valence-corrected chi connectivity index (χ1v) is 6.35. The fourth-order valence-electron chi connectivity index (χ4n) is 0.996. The van der Waals surface area contributed by atoms with Crippen LogP contribution in [0.25, 0.3) is 0 Å². The lowest BCUT2D eigenvalue weighted by molar-refractivity contribution is 0.113. The van der Waals surface area contributed by atoms with E-state index in [-0.39, 0.29) is 6.61 Å². The Kier molecular flexibility index (Phi) is 5.79. The number of aliphatic hydroxyl groups excluding tert-OH is 2. The molecule has 0 aromatic heterocycles. The van der Waals surface area contributed by atoms with Gasteiger partial charge in [0.05, 0.1) is 12.7 Å². The first-order valence-electron chi connectivity index (χ1n) is 4.44. The number of benzene rings is 1. The van der Waals surface area contributed by atoms with Crippen molar-refractivity contribution in [3.8, 4) is 0 Å². The quantitative estimate of drug-likeness (QED) is 0.861. The molecule has 0 radical (unpaired) electrons. The SMILES string of the molecule is OC[C@H](O)CSCc1ccc(Cl)cc1Cl. The van der Waals surface area contributed by atoms with Crippen molar-refractivity contribution in [1.29, 1.82) is 0 Å². The highest BCUT2D eigenvalue weighted by molar-refractivity contribution is 7.98. The number of aliphatic hydroxyl groups is 2. The second-order valence-electron chi connectivity index (χ2n) is 3.09. The molecule has 0 unspecified atom stereocenters. The zero-order valence-electron chi connectivity index (χ0n) is 7.99. The van der Waals surface area contributed by atoms with Crippen molar-refractivity contribution in [3.63, 3.8) is 0 Å². The van der Waals surface area contributed by atoms with Crippen molar-refractivity contribution in [2.24, 2.45) is 0 Å². The molecule has 1 atom stereocenters. The lowest BCUT2D eigenvalue weighted by atomic mass is 10.2. The van der Waals surface area contributed by atoms with Gasteiger partial charge in [0.15, 0.2) is 0 Å². The zero-order chi connectivity index (χ0) is 11.3. The maximum atomic E-state index is 9.12. The van der Waals surface area contributed by atoms with E-state index in [4.69, 9.17) is 33.4 Å². The van der Waals surface area contributed by atoms with E-state index in [9.17, 15) is 0 Å². The molecular weight excluding hydrogens is 255 g/mol. The molecule has 0 amide bonds. The highest BCUT2D eigenvalue weighted by Gasteiger charge is 2.04. The molecule has 0 spiro atoms. The summed E-state index contributed by atoms with van der Waals surface area (Å²) in [4.78, 5) is 0. The van der Waals surface area contributed by atoms with E-state index in [1.165, 1.54) is 11.8 Å². The van der Waals surface area contributed by atoms with Crippen LogP contribution < -0.4 is 0 Å². The number of thioether (sulfide) groups is 1. The smallest absolute Gasteiger partial charge is 0.0861 e. The molecule has 1 rings (SSSR count). The van der Waals surface area contributed by atoms with E-state index >= 15 is 0 Å². The predicted molar refractivity (Wildman–Crippen MR) is 65.7 cm³/mol. The number of halogens is 2. The summed E-state index contributed by atoms with van der Waals surface area (Å²) in [5, 5.41) is 19.0.